The van der Waals surface area contributed by atoms with E-state index < -0.39 is 19.9 Å². The van der Waals surface area contributed by atoms with Crippen molar-refractivity contribution < 1.29 is 28.2 Å². The van der Waals surface area contributed by atoms with Gasteiger partial charge in [0.1, 0.15) is 12.2 Å². The molecule has 0 amide bonds. The van der Waals surface area contributed by atoms with E-state index in [9.17, 15) is 4.79 Å². The van der Waals surface area contributed by atoms with E-state index in [1.54, 1.807) is 0 Å². The quantitative estimate of drug-likeness (QED) is 0.156. The van der Waals surface area contributed by atoms with Gasteiger partial charge in [-0.3, -0.25) is 4.79 Å². The van der Waals surface area contributed by atoms with E-state index >= 15 is 0 Å². The Morgan fingerprint density at radius 1 is 0.977 bits per heavy atom. The number of ether oxygens (including phenoxy) is 4. The fourth-order valence-electron chi connectivity index (χ4n) is 7.46. The summed E-state index contributed by atoms with van der Waals surface area (Å²) < 4.78 is 32.2. The van der Waals surface area contributed by atoms with Crippen LogP contribution >= 0.6 is 0 Å². The van der Waals surface area contributed by atoms with E-state index in [0.29, 0.717) is 13.0 Å². The number of carbonyl (C=O) groups excluding carboxylic acids is 1. The maximum Gasteiger partial charge on any atom is 0.308 e. The van der Waals surface area contributed by atoms with Crippen molar-refractivity contribution in [3.8, 4) is 0 Å². The van der Waals surface area contributed by atoms with Crippen LogP contribution in [0, 0.1) is 5.92 Å². The van der Waals surface area contributed by atoms with E-state index in [0.717, 1.165) is 38.5 Å². The number of rotatable bonds is 8. The zero-order valence-corrected chi connectivity index (χ0v) is 27.0. The molecule has 0 aliphatic carbocycles. The van der Waals surface area contributed by atoms with Gasteiger partial charge in [-0.15, -0.1) is 0 Å². The first-order valence-electron chi connectivity index (χ1n) is 16.0. The van der Waals surface area contributed by atoms with Crippen LogP contribution in [0.15, 0.2) is 85.0 Å². The molecule has 2 spiro atoms. The molecule has 0 saturated carbocycles. The van der Waals surface area contributed by atoms with Crippen molar-refractivity contribution in [1.29, 1.82) is 0 Å². The lowest BCUT2D eigenvalue weighted by molar-refractivity contribution is -0.355. The Morgan fingerprint density at radius 3 is 2.35 bits per heavy atom. The number of fused-ring (bicyclic) bond motifs is 1. The molecule has 0 bridgehead atoms. The van der Waals surface area contributed by atoms with E-state index in [4.69, 9.17) is 23.4 Å². The molecule has 2 aromatic rings. The minimum atomic E-state index is -2.51. The molecule has 6 atom stereocenters. The molecule has 230 valence electrons. The van der Waals surface area contributed by atoms with Crippen molar-refractivity contribution >= 4 is 24.7 Å². The van der Waals surface area contributed by atoms with Crippen LogP contribution in [0.1, 0.15) is 72.6 Å². The van der Waals surface area contributed by atoms with Gasteiger partial charge in [0.25, 0.3) is 8.32 Å². The Balaban J connectivity index is 1.06. The molecule has 3 saturated heterocycles. The fraction of sp³-hybridized carbons (Fsp3) is 0.528. The van der Waals surface area contributed by atoms with E-state index in [1.165, 1.54) is 10.4 Å². The highest BCUT2D eigenvalue weighted by Gasteiger charge is 2.60. The highest BCUT2D eigenvalue weighted by molar-refractivity contribution is 6.99. The Kier molecular flexibility index (Phi) is 8.57. The summed E-state index contributed by atoms with van der Waals surface area (Å²) in [6.07, 6.45) is 13.4. The summed E-state index contributed by atoms with van der Waals surface area (Å²) in [6, 6.07) is 21.6. The summed E-state index contributed by atoms with van der Waals surface area (Å²) >= 11 is 0. The fourth-order valence-corrected chi connectivity index (χ4v) is 12.1. The minimum Gasteiger partial charge on any atom is -0.459 e. The van der Waals surface area contributed by atoms with Crippen LogP contribution in [0.4, 0.5) is 0 Å². The largest absolute Gasteiger partial charge is 0.459 e. The van der Waals surface area contributed by atoms with Gasteiger partial charge in [0, 0.05) is 25.4 Å². The van der Waals surface area contributed by atoms with Crippen molar-refractivity contribution in [1.82, 2.24) is 0 Å². The Hall–Kier alpha value is -2.55. The third-order valence-corrected chi connectivity index (χ3v) is 14.7. The number of allylic oxidation sites excluding steroid dienone is 1. The van der Waals surface area contributed by atoms with Gasteiger partial charge in [0.15, 0.2) is 11.6 Å². The topological polar surface area (TPSA) is 63.2 Å². The van der Waals surface area contributed by atoms with Crippen molar-refractivity contribution in [2.45, 2.75) is 108 Å². The molecule has 4 aliphatic heterocycles. The second-order valence-electron chi connectivity index (χ2n) is 13.6. The SMILES string of the molecule is C[C@H]1C[C@@H]2OC(=O)C[C@@H]2O[C@@]12CC[C@]1(C=CC[C@@H](/C=C/CCCO[Si](c3ccccc3)(c3ccccc3)C(C)(C)C)O1)O2. The van der Waals surface area contributed by atoms with Crippen LogP contribution in [-0.4, -0.2) is 50.8 Å². The van der Waals surface area contributed by atoms with Gasteiger partial charge in [0.05, 0.1) is 12.5 Å². The molecule has 6 nitrogen and oxygen atoms in total. The highest BCUT2D eigenvalue weighted by atomic mass is 28.4. The summed E-state index contributed by atoms with van der Waals surface area (Å²) in [6.45, 7) is 9.77. The van der Waals surface area contributed by atoms with Gasteiger partial charge in [-0.2, -0.15) is 0 Å². The molecule has 6 rings (SSSR count). The average Bonchev–Trinajstić information content (AvgIpc) is 3.52. The van der Waals surface area contributed by atoms with E-state index in [-0.39, 0.29) is 35.2 Å². The molecular weight excluding hydrogens is 556 g/mol. The van der Waals surface area contributed by atoms with Crippen LogP contribution < -0.4 is 10.4 Å². The highest BCUT2D eigenvalue weighted by Crippen LogP contribution is 2.52. The smallest absolute Gasteiger partial charge is 0.308 e. The second-order valence-corrected chi connectivity index (χ2v) is 17.9. The molecule has 2 aromatic carbocycles. The summed E-state index contributed by atoms with van der Waals surface area (Å²) in [5.74, 6) is -1.58. The van der Waals surface area contributed by atoms with Crippen LogP contribution in [-0.2, 0) is 28.2 Å². The predicted molar refractivity (Wildman–Crippen MR) is 170 cm³/mol. The van der Waals surface area contributed by atoms with Gasteiger partial charge in [-0.25, -0.2) is 0 Å². The van der Waals surface area contributed by atoms with Gasteiger partial charge in [-0.05, 0) is 47.2 Å². The van der Waals surface area contributed by atoms with Crippen LogP contribution in [0.5, 0.6) is 0 Å². The number of hydrogen-bond donors (Lipinski definition) is 0. The van der Waals surface area contributed by atoms with Crippen molar-refractivity contribution in [2.75, 3.05) is 6.61 Å². The van der Waals surface area contributed by atoms with E-state index in [2.05, 4.69) is 113 Å². The van der Waals surface area contributed by atoms with Crippen LogP contribution in [0.2, 0.25) is 5.04 Å². The summed E-state index contributed by atoms with van der Waals surface area (Å²) in [5, 5.41) is 2.59. The van der Waals surface area contributed by atoms with Gasteiger partial charge in [-0.1, -0.05) is 107 Å². The Bertz CT molecular complexity index is 1280. The zero-order chi connectivity index (χ0) is 30.1. The number of carbonyl (C=O) groups is 1. The second kappa shape index (κ2) is 12.1. The Labute approximate surface area is 257 Å². The average molecular weight is 603 g/mol. The molecule has 0 aromatic heterocycles. The maximum absolute atomic E-state index is 11.9. The van der Waals surface area contributed by atoms with Crippen molar-refractivity contribution in [2.24, 2.45) is 5.92 Å². The molecule has 7 heteroatoms. The van der Waals surface area contributed by atoms with Crippen molar-refractivity contribution in [3.63, 3.8) is 0 Å². The number of esters is 1. The number of benzene rings is 2. The van der Waals surface area contributed by atoms with Crippen LogP contribution in [0.3, 0.4) is 0 Å². The lowest BCUT2D eigenvalue weighted by Crippen LogP contribution is -2.66. The maximum atomic E-state index is 11.9. The summed E-state index contributed by atoms with van der Waals surface area (Å²) in [4.78, 5) is 11.9. The lowest BCUT2D eigenvalue weighted by atomic mass is 9.86. The summed E-state index contributed by atoms with van der Waals surface area (Å²) in [5.41, 5.74) is 0. The summed E-state index contributed by atoms with van der Waals surface area (Å²) in [7, 11) is -2.51. The molecule has 0 N–H and O–H groups in total. The number of unbranched alkanes of at least 4 members (excludes halogenated alkanes) is 1. The zero-order valence-electron chi connectivity index (χ0n) is 26.0. The molecular formula is C36H46O6Si. The third kappa shape index (κ3) is 5.95. The van der Waals surface area contributed by atoms with Gasteiger partial charge < -0.3 is 23.4 Å². The third-order valence-electron chi connectivity index (χ3n) is 9.61. The molecule has 43 heavy (non-hydrogen) atoms. The minimum absolute atomic E-state index is 0.0262. The Morgan fingerprint density at radius 2 is 1.67 bits per heavy atom. The van der Waals surface area contributed by atoms with E-state index in [1.807, 2.05) is 0 Å². The standard InChI is InChI=1S/C36H46O6Si/c1-27-25-31-32(26-33(37)39-31)41-36(27)23-22-35(42-36)21-14-16-28(40-35)15-8-7-13-24-38-43(34(2,3)4,29-17-9-5-10-18-29)30-19-11-6-12-20-30/h5-6,8-12,14-15,17-21,27-28,31-32H,7,13,16,22-26H2,1-4H3/b15-8+/t27-,28+,31-,32-,35-,36+/m0/s1. The lowest BCUT2D eigenvalue weighted by Gasteiger charge is -2.45. The van der Waals surface area contributed by atoms with Gasteiger partial charge in [0.2, 0.25) is 0 Å². The molecule has 0 unspecified atom stereocenters. The van der Waals surface area contributed by atoms with Crippen LogP contribution in [0.25, 0.3) is 0 Å². The first-order valence-corrected chi connectivity index (χ1v) is 17.9. The first kappa shape index (κ1) is 30.5. The molecule has 4 heterocycles. The first-order chi connectivity index (χ1) is 20.6. The molecule has 0 radical (unpaired) electrons. The predicted octanol–water partition coefficient (Wildman–Crippen LogP) is 6.19. The van der Waals surface area contributed by atoms with Crippen molar-refractivity contribution in [3.05, 3.63) is 85.0 Å². The normalized spacial score (nSPS) is 32.5. The molecule has 4 aliphatic rings. The molecule has 3 fully saturated rings. The van der Waals surface area contributed by atoms with Gasteiger partial charge >= 0.3 is 5.97 Å². The monoisotopic (exact) mass is 602 g/mol. The number of hydrogen-bond acceptors (Lipinski definition) is 6.